The van der Waals surface area contributed by atoms with Crippen molar-refractivity contribution < 1.29 is 28.8 Å². The number of hydrogen-bond donors (Lipinski definition) is 3. The molecule has 4 saturated heterocycles. The Morgan fingerprint density at radius 3 is 2.14 bits per heavy atom. The number of likely N-dealkylation sites (tertiary alicyclic amines) is 1. The number of rotatable bonds is 10. The molecule has 1 unspecified atom stereocenters. The molecule has 6 heterocycles. The molecule has 1 saturated carbocycles. The van der Waals surface area contributed by atoms with Crippen LogP contribution >= 0.6 is 0 Å². The van der Waals surface area contributed by atoms with E-state index in [1.165, 1.54) is 0 Å². The molecule has 6 amide bonds. The molecular weight excluding hydrogens is 799 g/mol. The largest absolute Gasteiger partial charge is 0.371 e. The summed E-state index contributed by atoms with van der Waals surface area (Å²) in [6, 6.07) is 20.7. The first-order valence-corrected chi connectivity index (χ1v) is 22.6. The minimum atomic E-state index is -0.976. The summed E-state index contributed by atoms with van der Waals surface area (Å²) in [5, 5.41) is 9.78. The third-order valence-corrected chi connectivity index (χ3v) is 13.9. The van der Waals surface area contributed by atoms with Crippen LogP contribution in [-0.4, -0.2) is 126 Å². The first kappa shape index (κ1) is 40.7. The Hall–Kier alpha value is -6.35. The lowest BCUT2D eigenvalue weighted by Gasteiger charge is -2.40. The Morgan fingerprint density at radius 2 is 1.41 bits per heavy atom. The summed E-state index contributed by atoms with van der Waals surface area (Å²) in [6.07, 6.45) is 7.63. The molecule has 0 bridgehead atoms. The first-order valence-electron chi connectivity index (χ1n) is 22.6. The molecule has 5 aliphatic heterocycles. The van der Waals surface area contributed by atoms with E-state index < -0.39 is 29.7 Å². The van der Waals surface area contributed by atoms with Gasteiger partial charge in [-0.2, -0.15) is 0 Å². The maximum absolute atomic E-state index is 13.8. The van der Waals surface area contributed by atoms with E-state index in [0.717, 1.165) is 123 Å². The molecule has 5 fully saturated rings. The predicted octanol–water partition coefficient (Wildman–Crippen LogP) is 4.55. The number of nitrogens with zero attached hydrogens (tertiary/aromatic N) is 6. The van der Waals surface area contributed by atoms with E-state index in [-0.39, 0.29) is 36.6 Å². The third kappa shape index (κ3) is 8.33. The number of piperazine rings is 1. The Kier molecular flexibility index (Phi) is 11.0. The second-order valence-electron chi connectivity index (χ2n) is 18.0. The van der Waals surface area contributed by atoms with E-state index in [0.29, 0.717) is 35.7 Å². The van der Waals surface area contributed by atoms with Crippen molar-refractivity contribution in [3.05, 3.63) is 89.6 Å². The van der Waals surface area contributed by atoms with Gasteiger partial charge in [-0.25, -0.2) is 0 Å². The molecule has 1 atom stereocenters. The molecule has 1 aliphatic carbocycles. The maximum Gasteiger partial charge on any atom is 0.262 e. The van der Waals surface area contributed by atoms with Crippen molar-refractivity contribution in [3.8, 4) is 0 Å². The smallest absolute Gasteiger partial charge is 0.262 e. The summed E-state index contributed by atoms with van der Waals surface area (Å²) in [6.45, 7) is 7.28. The zero-order valence-corrected chi connectivity index (χ0v) is 35.4. The monoisotopic (exact) mass is 851 g/mol. The number of para-hydroxylation sites is 1. The lowest BCUT2D eigenvalue weighted by molar-refractivity contribution is -0.138. The second-order valence-corrected chi connectivity index (χ2v) is 18.0. The van der Waals surface area contributed by atoms with Gasteiger partial charge in [-0.15, -0.1) is 0 Å². The minimum Gasteiger partial charge on any atom is -0.371 e. The predicted molar refractivity (Wildman–Crippen MR) is 238 cm³/mol. The van der Waals surface area contributed by atoms with Crippen LogP contribution in [0.3, 0.4) is 0 Å². The van der Waals surface area contributed by atoms with Gasteiger partial charge in [0.2, 0.25) is 17.7 Å². The number of carbonyl (C=O) groups excluding carboxylic acids is 6. The standard InChI is InChI=1S/C48H53N9O6/c58-42-13-12-41(45(60)52-42)57-47(62)36-10-8-34(26-37(36)48(57)63)54-20-14-30(15-21-54)29-53-18-16-31(17-19-53)46(61)56-24-22-55(23-25-56)35-9-11-40-38(27-35)43(50-32-4-2-1-3-5-32)39(28-49-40)44(59)51-33-6-7-33/h1-5,8-11,26-28,30-31,33,41H,6-7,12-25,29H2,(H,49,50)(H,51,59)(H,52,58,60). The van der Waals surface area contributed by atoms with E-state index in [9.17, 15) is 28.8 Å². The lowest BCUT2D eigenvalue weighted by Crippen LogP contribution is -2.54. The Morgan fingerprint density at radius 1 is 0.714 bits per heavy atom. The highest BCUT2D eigenvalue weighted by Gasteiger charge is 2.45. The first-order chi connectivity index (χ1) is 30.7. The molecule has 15 nitrogen and oxygen atoms in total. The number of anilines is 4. The summed E-state index contributed by atoms with van der Waals surface area (Å²) in [7, 11) is 0. The van der Waals surface area contributed by atoms with Crippen LogP contribution < -0.4 is 25.8 Å². The second kappa shape index (κ2) is 17.1. The van der Waals surface area contributed by atoms with Crippen LogP contribution in [0.5, 0.6) is 0 Å². The minimum absolute atomic E-state index is 0.0357. The number of fused-ring (bicyclic) bond motifs is 2. The Labute approximate surface area is 366 Å². The molecule has 326 valence electrons. The molecule has 3 N–H and O–H groups in total. The van der Waals surface area contributed by atoms with Crippen molar-refractivity contribution in [2.45, 2.75) is 63.5 Å². The van der Waals surface area contributed by atoms with E-state index in [2.05, 4.69) is 47.8 Å². The number of pyridine rings is 1. The van der Waals surface area contributed by atoms with Gasteiger partial charge in [-0.05, 0) is 112 Å². The highest BCUT2D eigenvalue weighted by molar-refractivity contribution is 6.23. The number of hydrogen-bond acceptors (Lipinski definition) is 11. The van der Waals surface area contributed by atoms with Gasteiger partial charge in [-0.3, -0.25) is 44.0 Å². The summed E-state index contributed by atoms with van der Waals surface area (Å²) in [5.74, 6) is -1.26. The topological polar surface area (TPSA) is 168 Å². The fraction of sp³-hybridized carbons (Fsp3) is 0.438. The molecule has 4 aromatic rings. The molecule has 0 spiro atoms. The summed E-state index contributed by atoms with van der Waals surface area (Å²) < 4.78 is 0. The molecule has 0 radical (unpaired) electrons. The fourth-order valence-corrected chi connectivity index (χ4v) is 10.0. The van der Waals surface area contributed by atoms with Crippen molar-refractivity contribution in [2.24, 2.45) is 11.8 Å². The van der Waals surface area contributed by atoms with Crippen LogP contribution in [0.4, 0.5) is 22.7 Å². The molecular formula is C48H53N9O6. The third-order valence-electron chi connectivity index (χ3n) is 13.9. The lowest BCUT2D eigenvalue weighted by atomic mass is 9.91. The van der Waals surface area contributed by atoms with Gasteiger partial charge in [0.25, 0.3) is 17.7 Å². The van der Waals surface area contributed by atoms with Crippen molar-refractivity contribution in [1.29, 1.82) is 0 Å². The van der Waals surface area contributed by atoms with Crippen LogP contribution in [0.15, 0.2) is 72.9 Å². The molecule has 10 rings (SSSR count). The average Bonchev–Trinajstić information content (AvgIpc) is 4.10. The molecule has 3 aromatic carbocycles. The number of nitrogens with one attached hydrogen (secondary N) is 3. The van der Waals surface area contributed by atoms with Crippen molar-refractivity contribution in [2.75, 3.05) is 74.0 Å². The van der Waals surface area contributed by atoms with Crippen LogP contribution in [0.2, 0.25) is 0 Å². The average molecular weight is 852 g/mol. The van der Waals surface area contributed by atoms with E-state index in [4.69, 9.17) is 0 Å². The number of imide groups is 2. The van der Waals surface area contributed by atoms with Gasteiger partial charge in [0.1, 0.15) is 6.04 Å². The van der Waals surface area contributed by atoms with Crippen LogP contribution in [-0.2, 0) is 14.4 Å². The SMILES string of the molecule is O=C1CCC(N2C(=O)c3ccc(N4CCC(CN5CCC(C(=O)N6CCN(c7ccc8ncc(C(=O)NC9CC9)c(Nc9ccccc9)c8c7)CC6)CC5)CC4)cc3C2=O)C(=O)N1. The quantitative estimate of drug-likeness (QED) is 0.192. The Balaban J connectivity index is 0.701. The number of piperidine rings is 3. The van der Waals surface area contributed by atoms with Gasteiger partial charge in [0.15, 0.2) is 0 Å². The van der Waals surface area contributed by atoms with Gasteiger partial charge >= 0.3 is 0 Å². The van der Waals surface area contributed by atoms with Gasteiger partial charge in [-0.1, -0.05) is 18.2 Å². The fourth-order valence-electron chi connectivity index (χ4n) is 10.0. The molecule has 6 aliphatic rings. The van der Waals surface area contributed by atoms with Crippen molar-refractivity contribution in [1.82, 2.24) is 30.3 Å². The zero-order valence-electron chi connectivity index (χ0n) is 35.4. The van der Waals surface area contributed by atoms with Gasteiger partial charge in [0.05, 0.1) is 27.9 Å². The molecule has 15 heteroatoms. The van der Waals surface area contributed by atoms with Gasteiger partial charge in [0, 0.05) is 92.8 Å². The maximum atomic E-state index is 13.8. The van der Waals surface area contributed by atoms with Crippen LogP contribution in [0.25, 0.3) is 10.9 Å². The summed E-state index contributed by atoms with van der Waals surface area (Å²) in [4.78, 5) is 92.7. The number of benzene rings is 3. The van der Waals surface area contributed by atoms with E-state index >= 15 is 0 Å². The highest BCUT2D eigenvalue weighted by Crippen LogP contribution is 2.35. The molecule has 63 heavy (non-hydrogen) atoms. The summed E-state index contributed by atoms with van der Waals surface area (Å²) >= 11 is 0. The number of aromatic nitrogens is 1. The molecule has 1 aromatic heterocycles. The Bertz CT molecular complexity index is 2470. The van der Waals surface area contributed by atoms with Crippen LogP contribution in [0.1, 0.15) is 82.4 Å². The van der Waals surface area contributed by atoms with E-state index in [1.54, 1.807) is 18.3 Å². The van der Waals surface area contributed by atoms with Crippen LogP contribution in [0, 0.1) is 11.8 Å². The summed E-state index contributed by atoms with van der Waals surface area (Å²) in [5.41, 5.74) is 5.51. The number of carbonyl (C=O) groups is 6. The number of amides is 6. The van der Waals surface area contributed by atoms with Gasteiger partial charge < -0.3 is 30.2 Å². The van der Waals surface area contributed by atoms with Crippen molar-refractivity contribution in [3.63, 3.8) is 0 Å². The zero-order chi connectivity index (χ0) is 43.2. The van der Waals surface area contributed by atoms with Crippen molar-refractivity contribution >= 4 is 69.1 Å². The van der Waals surface area contributed by atoms with E-state index in [1.807, 2.05) is 47.4 Å². The highest BCUT2D eigenvalue weighted by atomic mass is 16.2. The normalized spacial score (nSPS) is 21.5.